The molecule has 2 rings (SSSR count). The van der Waals surface area contributed by atoms with Crippen LogP contribution < -0.4 is 5.73 Å². The fraction of sp³-hybridized carbons (Fsp3) is 0.154. The summed E-state index contributed by atoms with van der Waals surface area (Å²) in [6.45, 7) is 3.85. The quantitative estimate of drug-likeness (QED) is 0.874. The fourth-order valence-corrected chi connectivity index (χ4v) is 3.46. The zero-order valence-corrected chi connectivity index (χ0v) is 12.4. The van der Waals surface area contributed by atoms with Gasteiger partial charge in [0.25, 0.3) is 0 Å². The van der Waals surface area contributed by atoms with Gasteiger partial charge in [0.2, 0.25) is 0 Å². The number of hydrogen-bond donors (Lipinski definition) is 2. The number of aromatic carboxylic acids is 1. The summed E-state index contributed by atoms with van der Waals surface area (Å²) in [6, 6.07) is 5.91. The van der Waals surface area contributed by atoms with Crippen LogP contribution in [0.1, 0.15) is 20.8 Å². The Kier molecular flexibility index (Phi) is 3.45. The first-order chi connectivity index (χ1) is 8.43. The van der Waals surface area contributed by atoms with Crippen molar-refractivity contribution in [2.45, 2.75) is 13.8 Å². The second-order valence-corrected chi connectivity index (χ2v) is 5.85. The van der Waals surface area contributed by atoms with Crippen LogP contribution in [0.15, 0.2) is 22.7 Å². The molecule has 3 nitrogen and oxygen atoms in total. The Morgan fingerprint density at radius 1 is 1.39 bits per heavy atom. The number of aryl methyl sites for hydroxylation is 1. The number of benzene rings is 1. The van der Waals surface area contributed by atoms with E-state index in [-0.39, 0.29) is 4.88 Å². The van der Waals surface area contributed by atoms with Gasteiger partial charge in [-0.15, -0.1) is 11.3 Å². The summed E-state index contributed by atoms with van der Waals surface area (Å²) in [4.78, 5) is 12.2. The van der Waals surface area contributed by atoms with Crippen molar-refractivity contribution in [1.29, 1.82) is 0 Å². The lowest BCUT2D eigenvalue weighted by atomic mass is 10.1. The minimum atomic E-state index is -0.976. The third kappa shape index (κ3) is 2.04. The molecule has 0 spiro atoms. The van der Waals surface area contributed by atoms with Crippen molar-refractivity contribution >= 4 is 38.9 Å². The maximum atomic E-state index is 11.1. The topological polar surface area (TPSA) is 63.3 Å². The van der Waals surface area contributed by atoms with Gasteiger partial charge in [-0.25, -0.2) is 4.79 Å². The molecule has 2 aromatic rings. The predicted octanol–water partition coefficient (Wildman–Crippen LogP) is 4.07. The van der Waals surface area contributed by atoms with E-state index in [1.165, 1.54) is 11.3 Å². The summed E-state index contributed by atoms with van der Waals surface area (Å²) in [7, 11) is 0. The highest BCUT2D eigenvalue weighted by Crippen LogP contribution is 2.41. The SMILES string of the molecule is Cc1cccc(-c2sc(C(=O)O)c(N)c2C)c1Br. The monoisotopic (exact) mass is 325 g/mol. The molecule has 1 aromatic heterocycles. The summed E-state index contributed by atoms with van der Waals surface area (Å²) in [5.74, 6) is -0.976. The lowest BCUT2D eigenvalue weighted by Gasteiger charge is -2.06. The van der Waals surface area contributed by atoms with Crippen molar-refractivity contribution in [1.82, 2.24) is 0 Å². The highest BCUT2D eigenvalue weighted by atomic mass is 79.9. The molecular formula is C13H12BrNO2S. The van der Waals surface area contributed by atoms with Crippen LogP contribution in [0.4, 0.5) is 5.69 Å². The summed E-state index contributed by atoms with van der Waals surface area (Å²) in [6.07, 6.45) is 0. The fourth-order valence-electron chi connectivity index (χ4n) is 1.76. The Morgan fingerprint density at radius 2 is 2.06 bits per heavy atom. The second-order valence-electron chi connectivity index (χ2n) is 4.04. The molecule has 18 heavy (non-hydrogen) atoms. The van der Waals surface area contributed by atoms with Crippen LogP contribution in [0.25, 0.3) is 10.4 Å². The minimum Gasteiger partial charge on any atom is -0.477 e. The summed E-state index contributed by atoms with van der Waals surface area (Å²) in [5, 5.41) is 9.09. The number of carboxylic acid groups (broad SMARTS) is 1. The Bertz CT molecular complexity index is 634. The molecule has 0 amide bonds. The van der Waals surface area contributed by atoms with E-state index >= 15 is 0 Å². The highest BCUT2D eigenvalue weighted by Gasteiger charge is 2.20. The largest absolute Gasteiger partial charge is 0.477 e. The first kappa shape index (κ1) is 13.1. The molecular weight excluding hydrogens is 314 g/mol. The molecule has 0 saturated heterocycles. The van der Waals surface area contributed by atoms with Crippen molar-refractivity contribution in [3.8, 4) is 10.4 Å². The average molecular weight is 326 g/mol. The van der Waals surface area contributed by atoms with Crippen molar-refractivity contribution in [2.24, 2.45) is 0 Å². The number of halogens is 1. The van der Waals surface area contributed by atoms with E-state index in [1.807, 2.05) is 32.0 Å². The lowest BCUT2D eigenvalue weighted by Crippen LogP contribution is -1.97. The molecule has 1 aromatic carbocycles. The molecule has 0 bridgehead atoms. The zero-order chi connectivity index (χ0) is 13.4. The molecule has 94 valence electrons. The first-order valence-electron chi connectivity index (χ1n) is 5.31. The van der Waals surface area contributed by atoms with Gasteiger partial charge in [-0.1, -0.05) is 18.2 Å². The van der Waals surface area contributed by atoms with Crippen LogP contribution in [0.2, 0.25) is 0 Å². The molecule has 0 atom stereocenters. The van der Waals surface area contributed by atoms with Crippen molar-refractivity contribution in [2.75, 3.05) is 5.73 Å². The zero-order valence-electron chi connectivity index (χ0n) is 9.95. The highest BCUT2D eigenvalue weighted by molar-refractivity contribution is 9.10. The molecule has 0 aliphatic heterocycles. The van der Waals surface area contributed by atoms with Gasteiger partial charge in [-0.05, 0) is 40.9 Å². The van der Waals surface area contributed by atoms with Gasteiger partial charge in [0.1, 0.15) is 4.88 Å². The number of nitrogen functional groups attached to an aromatic ring is 1. The molecule has 0 fully saturated rings. The Morgan fingerprint density at radius 3 is 2.61 bits per heavy atom. The van der Waals surface area contributed by atoms with E-state index < -0.39 is 5.97 Å². The third-order valence-corrected chi connectivity index (χ3v) is 5.21. The van der Waals surface area contributed by atoms with Gasteiger partial charge in [-0.3, -0.25) is 0 Å². The Balaban J connectivity index is 2.69. The summed E-state index contributed by atoms with van der Waals surface area (Å²) in [5.41, 5.74) is 9.11. The summed E-state index contributed by atoms with van der Waals surface area (Å²) < 4.78 is 0.978. The van der Waals surface area contributed by atoms with Gasteiger partial charge in [0.05, 0.1) is 5.69 Å². The normalized spacial score (nSPS) is 10.6. The van der Waals surface area contributed by atoms with Crippen LogP contribution in [0, 0.1) is 13.8 Å². The maximum absolute atomic E-state index is 11.1. The smallest absolute Gasteiger partial charge is 0.348 e. The van der Waals surface area contributed by atoms with Gasteiger partial charge >= 0.3 is 5.97 Å². The van der Waals surface area contributed by atoms with E-state index in [1.54, 1.807) is 0 Å². The molecule has 5 heteroatoms. The molecule has 1 heterocycles. The van der Waals surface area contributed by atoms with E-state index in [9.17, 15) is 4.79 Å². The maximum Gasteiger partial charge on any atom is 0.348 e. The lowest BCUT2D eigenvalue weighted by molar-refractivity contribution is 0.0703. The van der Waals surface area contributed by atoms with Gasteiger partial charge in [-0.2, -0.15) is 0 Å². The van der Waals surface area contributed by atoms with Crippen LogP contribution in [0.5, 0.6) is 0 Å². The number of carboxylic acids is 1. The van der Waals surface area contributed by atoms with E-state index in [0.717, 1.165) is 26.0 Å². The van der Waals surface area contributed by atoms with Crippen LogP contribution in [0.3, 0.4) is 0 Å². The molecule has 0 unspecified atom stereocenters. The molecule has 0 saturated carbocycles. The molecule has 0 aliphatic carbocycles. The molecule has 0 radical (unpaired) electrons. The minimum absolute atomic E-state index is 0.205. The van der Waals surface area contributed by atoms with Gasteiger partial charge in [0, 0.05) is 14.9 Å². The first-order valence-corrected chi connectivity index (χ1v) is 6.92. The average Bonchev–Trinajstić information content (AvgIpc) is 2.61. The van der Waals surface area contributed by atoms with E-state index in [4.69, 9.17) is 10.8 Å². The number of hydrogen-bond acceptors (Lipinski definition) is 3. The van der Waals surface area contributed by atoms with Crippen molar-refractivity contribution in [3.05, 3.63) is 38.7 Å². The van der Waals surface area contributed by atoms with Crippen molar-refractivity contribution in [3.63, 3.8) is 0 Å². The number of nitrogens with two attached hydrogens (primary N) is 1. The van der Waals surface area contributed by atoms with Crippen LogP contribution in [-0.2, 0) is 0 Å². The number of rotatable bonds is 2. The van der Waals surface area contributed by atoms with Crippen molar-refractivity contribution < 1.29 is 9.90 Å². The Labute approximate surface area is 117 Å². The number of carbonyl (C=O) groups is 1. The molecule has 0 aliphatic rings. The van der Waals surface area contributed by atoms with Crippen LogP contribution in [-0.4, -0.2) is 11.1 Å². The van der Waals surface area contributed by atoms with Gasteiger partial charge < -0.3 is 10.8 Å². The number of thiophene rings is 1. The Hall–Kier alpha value is -1.33. The van der Waals surface area contributed by atoms with Gasteiger partial charge in [0.15, 0.2) is 0 Å². The number of anilines is 1. The predicted molar refractivity (Wildman–Crippen MR) is 78.3 cm³/mol. The van der Waals surface area contributed by atoms with Crippen LogP contribution >= 0.6 is 27.3 Å². The van der Waals surface area contributed by atoms with E-state index in [2.05, 4.69) is 15.9 Å². The second kappa shape index (κ2) is 4.74. The third-order valence-electron chi connectivity index (χ3n) is 2.82. The van der Waals surface area contributed by atoms with E-state index in [0.29, 0.717) is 5.69 Å². The standard InChI is InChI=1S/C13H12BrNO2S/c1-6-4-3-5-8(9(6)14)11-7(2)10(15)12(18-11)13(16)17/h3-5H,15H2,1-2H3,(H,16,17). The summed E-state index contributed by atoms with van der Waals surface area (Å²) >= 11 is 4.76. The molecule has 3 N–H and O–H groups in total.